The molecule has 0 N–H and O–H groups in total. The lowest BCUT2D eigenvalue weighted by atomic mass is 10.0. The van der Waals surface area contributed by atoms with Crippen LogP contribution >= 0.6 is 23.2 Å². The fourth-order valence-electron chi connectivity index (χ4n) is 2.87. The van der Waals surface area contributed by atoms with Gasteiger partial charge in [0.15, 0.2) is 6.23 Å². The zero-order valence-corrected chi connectivity index (χ0v) is 15.7. The van der Waals surface area contributed by atoms with Crippen molar-refractivity contribution in [2.45, 2.75) is 45.1 Å². The van der Waals surface area contributed by atoms with Gasteiger partial charge in [-0.05, 0) is 25.0 Å². The molecule has 1 aliphatic heterocycles. The number of rotatable bonds is 4. The van der Waals surface area contributed by atoms with Gasteiger partial charge in [0.05, 0.1) is 15.6 Å². The number of fused-ring (bicyclic) bond motifs is 1. The molecule has 3 atom stereocenters. The predicted octanol–water partition coefficient (Wildman–Crippen LogP) is 2.91. The highest BCUT2D eigenvalue weighted by atomic mass is 35.5. The molecule has 26 heavy (non-hydrogen) atoms. The van der Waals surface area contributed by atoms with Gasteiger partial charge in [-0.1, -0.05) is 28.4 Å². The van der Waals surface area contributed by atoms with Crippen molar-refractivity contribution in [3.05, 3.63) is 22.2 Å². The summed E-state index contributed by atoms with van der Waals surface area (Å²) in [6.45, 7) is 2.60. The number of benzene rings is 1. The summed E-state index contributed by atoms with van der Waals surface area (Å²) in [6, 6.07) is 3.30. The summed E-state index contributed by atoms with van der Waals surface area (Å²) < 4.78 is 17.9. The van der Waals surface area contributed by atoms with E-state index < -0.39 is 30.4 Å². The Morgan fingerprint density at radius 2 is 1.96 bits per heavy atom. The highest BCUT2D eigenvalue weighted by Crippen LogP contribution is 2.33. The third-order valence-corrected chi connectivity index (χ3v) is 4.72. The summed E-state index contributed by atoms with van der Waals surface area (Å²) in [4.78, 5) is 22.4. The quantitative estimate of drug-likeness (QED) is 0.726. The fourth-order valence-corrected chi connectivity index (χ4v) is 3.19. The van der Waals surface area contributed by atoms with Gasteiger partial charge in [0.1, 0.15) is 24.3 Å². The molecule has 10 heteroatoms. The van der Waals surface area contributed by atoms with Gasteiger partial charge in [-0.2, -0.15) is 0 Å². The zero-order chi connectivity index (χ0) is 18.8. The number of ether oxygens (including phenoxy) is 3. The molecule has 8 nitrogen and oxygen atoms in total. The molecule has 0 spiro atoms. The predicted molar refractivity (Wildman–Crippen MR) is 92.9 cm³/mol. The van der Waals surface area contributed by atoms with Gasteiger partial charge in [-0.25, -0.2) is 4.68 Å². The first kappa shape index (κ1) is 18.9. The first-order valence-corrected chi connectivity index (χ1v) is 8.76. The van der Waals surface area contributed by atoms with E-state index >= 15 is 0 Å². The minimum absolute atomic E-state index is 0.0248. The Kier molecular flexibility index (Phi) is 5.64. The second kappa shape index (κ2) is 7.77. The van der Waals surface area contributed by atoms with Crippen molar-refractivity contribution in [2.75, 3.05) is 6.61 Å². The van der Waals surface area contributed by atoms with Crippen LogP contribution in [0, 0.1) is 0 Å². The summed E-state index contributed by atoms with van der Waals surface area (Å²) in [7, 11) is 0. The topological polar surface area (TPSA) is 92.5 Å². The Labute approximate surface area is 159 Å². The van der Waals surface area contributed by atoms with Gasteiger partial charge in [-0.15, -0.1) is 5.10 Å². The Balaban J connectivity index is 1.84. The lowest BCUT2D eigenvalue weighted by Crippen LogP contribution is -2.43. The Morgan fingerprint density at radius 1 is 1.23 bits per heavy atom. The van der Waals surface area contributed by atoms with Crippen LogP contribution in [0.25, 0.3) is 11.0 Å². The SMILES string of the molecule is CC(=O)OC[C@@H]1O[C@@H](n2nnc3cc(Cl)c(Cl)cc32)CC[C@@H]1OC(C)=O. The Bertz CT molecular complexity index is 841. The number of aromatic nitrogens is 3. The van der Waals surface area contributed by atoms with Crippen LogP contribution in [0.5, 0.6) is 0 Å². The molecule has 1 aromatic heterocycles. The highest BCUT2D eigenvalue weighted by molar-refractivity contribution is 6.42. The lowest BCUT2D eigenvalue weighted by molar-refractivity contribution is -0.193. The molecule has 140 valence electrons. The third kappa shape index (κ3) is 4.08. The minimum Gasteiger partial charge on any atom is -0.463 e. The Morgan fingerprint density at radius 3 is 2.65 bits per heavy atom. The molecule has 0 bridgehead atoms. The van der Waals surface area contributed by atoms with Crippen LogP contribution in [0.3, 0.4) is 0 Å². The van der Waals surface area contributed by atoms with Gasteiger partial charge in [-0.3, -0.25) is 9.59 Å². The maximum Gasteiger partial charge on any atom is 0.302 e. The molecule has 0 saturated carbocycles. The van der Waals surface area contributed by atoms with Crippen molar-refractivity contribution < 1.29 is 23.8 Å². The first-order valence-electron chi connectivity index (χ1n) is 8.01. The standard InChI is InChI=1S/C16H17Cl2N3O5/c1-8(22)24-7-15-14(25-9(2)23)3-4-16(26-15)21-13-6-11(18)10(17)5-12(13)19-20-21/h5-6,14-16H,3-4,7H2,1-2H3/t14-,15-,16+/m0/s1. The van der Waals surface area contributed by atoms with Gasteiger partial charge in [0, 0.05) is 13.8 Å². The molecule has 0 amide bonds. The zero-order valence-electron chi connectivity index (χ0n) is 14.1. The molecule has 3 rings (SSSR count). The van der Waals surface area contributed by atoms with Crippen LogP contribution in [-0.4, -0.2) is 45.7 Å². The van der Waals surface area contributed by atoms with E-state index in [1.54, 1.807) is 16.8 Å². The van der Waals surface area contributed by atoms with Crippen LogP contribution in [0.4, 0.5) is 0 Å². The monoisotopic (exact) mass is 401 g/mol. The van der Waals surface area contributed by atoms with E-state index in [0.717, 1.165) is 0 Å². The molecule has 0 unspecified atom stereocenters. The van der Waals surface area contributed by atoms with E-state index in [2.05, 4.69) is 10.3 Å². The molecule has 1 fully saturated rings. The van der Waals surface area contributed by atoms with Gasteiger partial charge < -0.3 is 14.2 Å². The van der Waals surface area contributed by atoms with Crippen molar-refractivity contribution in [3.8, 4) is 0 Å². The van der Waals surface area contributed by atoms with Crippen molar-refractivity contribution in [1.29, 1.82) is 0 Å². The van der Waals surface area contributed by atoms with E-state index in [1.807, 2.05) is 0 Å². The summed E-state index contributed by atoms with van der Waals surface area (Å²) in [5.41, 5.74) is 1.25. The summed E-state index contributed by atoms with van der Waals surface area (Å²) >= 11 is 12.1. The van der Waals surface area contributed by atoms with Crippen LogP contribution in [0.1, 0.15) is 32.9 Å². The minimum atomic E-state index is -0.608. The fraction of sp³-hybridized carbons (Fsp3) is 0.500. The molecular weight excluding hydrogens is 385 g/mol. The molecule has 0 radical (unpaired) electrons. The molecule has 2 heterocycles. The van der Waals surface area contributed by atoms with Gasteiger partial charge in [0.2, 0.25) is 0 Å². The maximum atomic E-state index is 11.3. The first-order chi connectivity index (χ1) is 12.3. The highest BCUT2D eigenvalue weighted by Gasteiger charge is 2.36. The van der Waals surface area contributed by atoms with E-state index in [-0.39, 0.29) is 6.61 Å². The molecule has 1 saturated heterocycles. The van der Waals surface area contributed by atoms with Crippen molar-refractivity contribution in [3.63, 3.8) is 0 Å². The largest absolute Gasteiger partial charge is 0.463 e. The third-order valence-electron chi connectivity index (χ3n) is 4.00. The smallest absolute Gasteiger partial charge is 0.302 e. The lowest BCUT2D eigenvalue weighted by Gasteiger charge is -2.35. The molecule has 1 aliphatic rings. The molecular formula is C16H17Cl2N3O5. The van der Waals surface area contributed by atoms with Crippen molar-refractivity contribution >= 4 is 46.2 Å². The number of hydrogen-bond donors (Lipinski definition) is 0. The number of halogens is 2. The number of nitrogens with zero attached hydrogens (tertiary/aromatic N) is 3. The van der Waals surface area contributed by atoms with Crippen LogP contribution in [-0.2, 0) is 23.8 Å². The number of carbonyl (C=O) groups is 2. The second-order valence-corrected chi connectivity index (χ2v) is 6.76. The second-order valence-electron chi connectivity index (χ2n) is 5.95. The normalized spacial score (nSPS) is 23.0. The van der Waals surface area contributed by atoms with Crippen molar-refractivity contribution in [2.24, 2.45) is 0 Å². The van der Waals surface area contributed by atoms with E-state index in [0.29, 0.717) is 33.9 Å². The van der Waals surface area contributed by atoms with Gasteiger partial charge in [0.25, 0.3) is 0 Å². The number of hydrogen-bond acceptors (Lipinski definition) is 7. The molecule has 0 aliphatic carbocycles. The van der Waals surface area contributed by atoms with Crippen molar-refractivity contribution in [1.82, 2.24) is 15.0 Å². The number of carbonyl (C=O) groups excluding carboxylic acids is 2. The molecule has 1 aromatic carbocycles. The summed E-state index contributed by atoms with van der Waals surface area (Å²) in [5.74, 6) is -0.859. The Hall–Kier alpha value is -1.90. The summed E-state index contributed by atoms with van der Waals surface area (Å²) in [6.07, 6.45) is -0.518. The van der Waals surface area contributed by atoms with E-state index in [9.17, 15) is 9.59 Å². The average molecular weight is 402 g/mol. The van der Waals surface area contributed by atoms with Crippen LogP contribution in [0.2, 0.25) is 10.0 Å². The van der Waals surface area contributed by atoms with E-state index in [4.69, 9.17) is 37.4 Å². The average Bonchev–Trinajstić information content (AvgIpc) is 2.96. The van der Waals surface area contributed by atoms with Gasteiger partial charge >= 0.3 is 11.9 Å². The van der Waals surface area contributed by atoms with Crippen LogP contribution < -0.4 is 0 Å². The molecule has 2 aromatic rings. The van der Waals surface area contributed by atoms with Crippen LogP contribution in [0.15, 0.2) is 12.1 Å². The number of esters is 2. The van der Waals surface area contributed by atoms with E-state index in [1.165, 1.54) is 13.8 Å². The summed E-state index contributed by atoms with van der Waals surface area (Å²) in [5, 5.41) is 8.98. The maximum absolute atomic E-state index is 11.3.